The van der Waals surface area contributed by atoms with Gasteiger partial charge in [0, 0.05) is 58.4 Å². The van der Waals surface area contributed by atoms with Crippen LogP contribution in [-0.2, 0) is 29.2 Å². The molecule has 0 radical (unpaired) electrons. The van der Waals surface area contributed by atoms with Crippen LogP contribution in [0.3, 0.4) is 0 Å². The van der Waals surface area contributed by atoms with Crippen molar-refractivity contribution >= 4 is 44.8 Å². The Morgan fingerprint density at radius 2 is 1.03 bits per heavy atom. The summed E-state index contributed by atoms with van der Waals surface area (Å²) in [5, 5.41) is 2.03. The van der Waals surface area contributed by atoms with E-state index in [0.29, 0.717) is 11.1 Å². The molecule has 5 heteroatoms. The molecular formula is C33H29N3O2. The van der Waals surface area contributed by atoms with E-state index >= 15 is 0 Å². The Morgan fingerprint density at radius 3 is 1.55 bits per heavy atom. The summed E-state index contributed by atoms with van der Waals surface area (Å²) >= 11 is 0. The second-order valence-corrected chi connectivity index (χ2v) is 10.4. The molecule has 2 aromatic heterocycles. The lowest BCUT2D eigenvalue weighted by Gasteiger charge is -2.15. The molecule has 5 nitrogen and oxygen atoms in total. The second-order valence-electron chi connectivity index (χ2n) is 10.4. The topological polar surface area (TPSA) is 47.2 Å². The Morgan fingerprint density at radius 1 is 0.553 bits per heavy atom. The molecule has 4 bridgehead atoms. The van der Waals surface area contributed by atoms with E-state index < -0.39 is 0 Å². The summed E-state index contributed by atoms with van der Waals surface area (Å²) in [7, 11) is 0. The summed E-state index contributed by atoms with van der Waals surface area (Å²) < 4.78 is 4.53. The fraction of sp³-hybridized carbons (Fsp3) is 0.212. The Bertz CT molecular complexity index is 1630. The van der Waals surface area contributed by atoms with E-state index in [1.165, 1.54) is 4.90 Å². The Hall–Kier alpha value is -4.38. The molecule has 0 saturated heterocycles. The van der Waals surface area contributed by atoms with E-state index in [0.717, 1.165) is 77.3 Å². The number of imide groups is 1. The number of hydrogen-bond donors (Lipinski definition) is 0. The van der Waals surface area contributed by atoms with Gasteiger partial charge in [0.2, 0.25) is 0 Å². The summed E-state index contributed by atoms with van der Waals surface area (Å²) in [6.45, 7) is 2.04. The summed E-state index contributed by atoms with van der Waals surface area (Å²) in [5.41, 5.74) is 5.87. The first-order valence-electron chi connectivity index (χ1n) is 13.5. The predicted molar refractivity (Wildman–Crippen MR) is 151 cm³/mol. The molecular weight excluding hydrogens is 470 g/mol. The molecule has 0 unspecified atom stereocenters. The number of hydrogen-bond acceptors (Lipinski definition) is 2. The molecule has 0 N–H and O–H groups in total. The molecule has 7 rings (SSSR count). The van der Waals surface area contributed by atoms with Crippen LogP contribution in [-0.4, -0.2) is 25.8 Å². The molecule has 2 amide bonds. The molecule has 188 valence electrons. The van der Waals surface area contributed by atoms with Gasteiger partial charge in [-0.2, -0.15) is 0 Å². The van der Waals surface area contributed by atoms with E-state index in [1.54, 1.807) is 0 Å². The first kappa shape index (κ1) is 22.8. The van der Waals surface area contributed by atoms with Gasteiger partial charge in [0.1, 0.15) is 0 Å². The Labute approximate surface area is 221 Å². The molecule has 0 spiro atoms. The number of amides is 2. The molecule has 2 aliphatic heterocycles. The molecule has 3 aromatic carbocycles. The molecule has 38 heavy (non-hydrogen) atoms. The van der Waals surface area contributed by atoms with Crippen molar-refractivity contribution in [2.45, 2.75) is 45.3 Å². The zero-order chi connectivity index (χ0) is 25.6. The van der Waals surface area contributed by atoms with Crippen LogP contribution in [0.1, 0.15) is 42.4 Å². The lowest BCUT2D eigenvalue weighted by Crippen LogP contribution is -2.30. The third-order valence-electron chi connectivity index (χ3n) is 8.02. The Kier molecular flexibility index (Phi) is 5.50. The van der Waals surface area contributed by atoms with E-state index in [-0.39, 0.29) is 18.4 Å². The van der Waals surface area contributed by atoms with Crippen LogP contribution in [0.25, 0.3) is 33.0 Å². The average Bonchev–Trinajstić information content (AvgIpc) is 3.57. The number of rotatable bonds is 2. The maximum absolute atomic E-state index is 14.2. The highest BCUT2D eigenvalue weighted by atomic mass is 16.2. The van der Waals surface area contributed by atoms with Crippen LogP contribution >= 0.6 is 0 Å². The molecule has 0 fully saturated rings. The molecule has 4 heterocycles. The maximum atomic E-state index is 14.2. The standard InChI is InChI=1S/C33H29N3O2/c37-32-30-26-21-34(28-16-8-6-14-24(26)28)18-10-1-2-11-19-35-22-27(25-15-7-9-17-29(25)35)31(30)33(38)36(32)20-23-12-4-3-5-13-23/h3-9,12-17,21-22H,1-2,10-11,18-20H2. The number of carbonyl (C=O) groups is 2. The summed E-state index contributed by atoms with van der Waals surface area (Å²) in [5.74, 6) is -0.443. The molecule has 2 aliphatic rings. The highest BCUT2D eigenvalue weighted by molar-refractivity contribution is 6.50. The first-order chi connectivity index (χ1) is 18.7. The molecule has 0 aliphatic carbocycles. The largest absolute Gasteiger partial charge is 0.347 e. The van der Waals surface area contributed by atoms with Crippen LogP contribution in [0.5, 0.6) is 0 Å². The minimum Gasteiger partial charge on any atom is -0.347 e. The SMILES string of the molecule is O=C1C2=C(C(=O)N1Cc1ccccc1)c1cn(c3ccccc13)CCCCCCn1cc2c2ccccc21. The van der Waals surface area contributed by atoms with Gasteiger partial charge < -0.3 is 9.13 Å². The van der Waals surface area contributed by atoms with Crippen LogP contribution in [0.15, 0.2) is 91.3 Å². The van der Waals surface area contributed by atoms with Gasteiger partial charge in [-0.25, -0.2) is 0 Å². The van der Waals surface area contributed by atoms with Crippen molar-refractivity contribution in [2.75, 3.05) is 0 Å². The number of aryl methyl sites for hydroxylation is 2. The Balaban J connectivity index is 1.50. The molecule has 5 aromatic rings. The normalized spacial score (nSPS) is 16.4. The lowest BCUT2D eigenvalue weighted by atomic mass is 9.95. The van der Waals surface area contributed by atoms with Crippen molar-refractivity contribution < 1.29 is 9.59 Å². The average molecular weight is 500 g/mol. The van der Waals surface area contributed by atoms with Crippen molar-refractivity contribution in [2.24, 2.45) is 0 Å². The predicted octanol–water partition coefficient (Wildman–Crippen LogP) is 6.65. The van der Waals surface area contributed by atoms with Crippen LogP contribution in [0, 0.1) is 0 Å². The van der Waals surface area contributed by atoms with Gasteiger partial charge in [-0.05, 0) is 30.5 Å². The zero-order valence-electron chi connectivity index (χ0n) is 21.3. The van der Waals surface area contributed by atoms with Crippen molar-refractivity contribution in [3.63, 3.8) is 0 Å². The summed E-state index contributed by atoms with van der Waals surface area (Å²) in [6.07, 6.45) is 8.67. The van der Waals surface area contributed by atoms with E-state index in [1.807, 2.05) is 54.6 Å². The van der Waals surface area contributed by atoms with Crippen LogP contribution in [0.4, 0.5) is 0 Å². The quantitative estimate of drug-likeness (QED) is 0.255. The number of para-hydroxylation sites is 2. The van der Waals surface area contributed by atoms with Gasteiger partial charge in [0.25, 0.3) is 11.8 Å². The highest BCUT2D eigenvalue weighted by Crippen LogP contribution is 2.42. The minimum atomic E-state index is -0.222. The molecule has 0 saturated carbocycles. The van der Waals surface area contributed by atoms with Gasteiger partial charge in [-0.15, -0.1) is 0 Å². The molecule has 0 atom stereocenters. The van der Waals surface area contributed by atoms with E-state index in [2.05, 4.69) is 45.8 Å². The van der Waals surface area contributed by atoms with Crippen LogP contribution < -0.4 is 0 Å². The number of benzene rings is 3. The van der Waals surface area contributed by atoms with Gasteiger partial charge in [-0.3, -0.25) is 14.5 Å². The lowest BCUT2D eigenvalue weighted by molar-refractivity contribution is -0.136. The van der Waals surface area contributed by atoms with Gasteiger partial charge in [0.15, 0.2) is 0 Å². The fourth-order valence-electron chi connectivity index (χ4n) is 6.17. The number of nitrogens with zero attached hydrogens (tertiary/aromatic N) is 3. The van der Waals surface area contributed by atoms with Crippen molar-refractivity contribution in [3.05, 3.63) is 108 Å². The minimum absolute atomic E-state index is 0.222. The van der Waals surface area contributed by atoms with Crippen LogP contribution in [0.2, 0.25) is 0 Å². The third kappa shape index (κ3) is 3.61. The smallest absolute Gasteiger partial charge is 0.262 e. The van der Waals surface area contributed by atoms with Gasteiger partial charge >= 0.3 is 0 Å². The van der Waals surface area contributed by atoms with Crippen molar-refractivity contribution in [1.29, 1.82) is 0 Å². The summed E-state index contributed by atoms with van der Waals surface area (Å²) in [6, 6.07) is 26.3. The van der Waals surface area contributed by atoms with Gasteiger partial charge in [-0.1, -0.05) is 79.6 Å². The van der Waals surface area contributed by atoms with E-state index in [4.69, 9.17) is 0 Å². The maximum Gasteiger partial charge on any atom is 0.262 e. The van der Waals surface area contributed by atoms with Crippen molar-refractivity contribution in [1.82, 2.24) is 14.0 Å². The second kappa shape index (κ2) is 9.18. The van der Waals surface area contributed by atoms with Gasteiger partial charge in [0.05, 0.1) is 17.7 Å². The number of carbonyl (C=O) groups excluding carboxylic acids is 2. The third-order valence-corrected chi connectivity index (χ3v) is 8.02. The summed E-state index contributed by atoms with van der Waals surface area (Å²) in [4.78, 5) is 29.9. The van der Waals surface area contributed by atoms with Crippen molar-refractivity contribution in [3.8, 4) is 0 Å². The van der Waals surface area contributed by atoms with E-state index in [9.17, 15) is 9.59 Å². The fourth-order valence-corrected chi connectivity index (χ4v) is 6.17. The number of aromatic nitrogens is 2. The monoisotopic (exact) mass is 499 g/mol. The zero-order valence-corrected chi connectivity index (χ0v) is 21.3. The number of fused-ring (bicyclic) bond motifs is 12. The highest BCUT2D eigenvalue weighted by Gasteiger charge is 2.41. The first-order valence-corrected chi connectivity index (χ1v) is 13.5.